The second-order valence-electron chi connectivity index (χ2n) is 8.05. The van der Waals surface area contributed by atoms with E-state index >= 15 is 0 Å². The van der Waals surface area contributed by atoms with Crippen molar-refractivity contribution >= 4 is 34.0 Å². The molecule has 3 atom stereocenters. The molecule has 2 heterocycles. The van der Waals surface area contributed by atoms with Gasteiger partial charge in [-0.05, 0) is 51.1 Å². The van der Waals surface area contributed by atoms with Crippen molar-refractivity contribution in [3.05, 3.63) is 10.4 Å². The number of anilines is 2. The number of thiophene rings is 1. The topological polar surface area (TPSA) is 114 Å². The zero-order chi connectivity index (χ0) is 21.1. The largest absolute Gasteiger partial charge is 0.396 e. The van der Waals surface area contributed by atoms with Crippen molar-refractivity contribution < 1.29 is 14.3 Å². The molecule has 9 heteroatoms. The number of nitrogens with two attached hydrogens (primary N) is 2. The molecule has 1 aromatic heterocycles. The molecule has 0 saturated carbocycles. The molecule has 2 aliphatic rings. The number of nitrogens with zero attached hydrogens (tertiary/aromatic N) is 2. The summed E-state index contributed by atoms with van der Waals surface area (Å²) in [5, 5.41) is 3.52. The van der Waals surface area contributed by atoms with Gasteiger partial charge >= 0.3 is 6.03 Å². The maximum absolute atomic E-state index is 13.2. The van der Waals surface area contributed by atoms with Gasteiger partial charge in [-0.3, -0.25) is 9.69 Å². The van der Waals surface area contributed by atoms with Crippen molar-refractivity contribution in [3.63, 3.8) is 0 Å². The van der Waals surface area contributed by atoms with E-state index in [4.69, 9.17) is 16.2 Å². The molecule has 8 nitrogen and oxygen atoms in total. The second kappa shape index (κ2) is 9.32. The van der Waals surface area contributed by atoms with Crippen molar-refractivity contribution in [1.29, 1.82) is 0 Å². The van der Waals surface area contributed by atoms with Crippen LogP contribution >= 0.6 is 11.3 Å². The van der Waals surface area contributed by atoms with E-state index in [-0.39, 0.29) is 17.9 Å². The van der Waals surface area contributed by atoms with Crippen molar-refractivity contribution in [2.24, 2.45) is 11.8 Å². The number of piperidine rings is 1. The number of fused-ring (bicyclic) bond motifs is 2. The lowest BCUT2D eigenvalue weighted by atomic mass is 9.74. The van der Waals surface area contributed by atoms with Crippen LogP contribution in [0, 0.1) is 11.8 Å². The van der Waals surface area contributed by atoms with Gasteiger partial charge in [0.1, 0.15) is 5.00 Å². The van der Waals surface area contributed by atoms with E-state index in [0.29, 0.717) is 48.9 Å². The fraction of sp³-hybridized carbons (Fsp3) is 0.700. The minimum Gasteiger partial charge on any atom is -0.396 e. The molecule has 1 aromatic rings. The summed E-state index contributed by atoms with van der Waals surface area (Å²) in [6.45, 7) is 3.94. The molecule has 1 aliphatic carbocycles. The summed E-state index contributed by atoms with van der Waals surface area (Å²) in [4.78, 5) is 30.6. The van der Waals surface area contributed by atoms with Gasteiger partial charge in [-0.25, -0.2) is 4.79 Å². The summed E-state index contributed by atoms with van der Waals surface area (Å²) in [7, 11) is 3.70. The first-order chi connectivity index (χ1) is 13.9. The monoisotopic (exact) mass is 423 g/mol. The van der Waals surface area contributed by atoms with Gasteiger partial charge in [0.15, 0.2) is 0 Å². The average Bonchev–Trinajstić information content (AvgIpc) is 2.97. The maximum Gasteiger partial charge on any atom is 0.324 e. The first kappa shape index (κ1) is 21.9. The Morgan fingerprint density at radius 3 is 2.79 bits per heavy atom. The molecule has 3 rings (SSSR count). The van der Waals surface area contributed by atoms with E-state index in [9.17, 15) is 9.59 Å². The predicted molar refractivity (Wildman–Crippen MR) is 116 cm³/mol. The second-order valence-corrected chi connectivity index (χ2v) is 9.19. The molecule has 0 bridgehead atoms. The lowest BCUT2D eigenvalue weighted by molar-refractivity contribution is -0.135. The molecule has 0 radical (unpaired) electrons. The number of likely N-dealkylation sites (tertiary alicyclic amines) is 1. The van der Waals surface area contributed by atoms with E-state index in [1.807, 2.05) is 6.92 Å². The molecule has 0 spiro atoms. The molecule has 3 amide bonds. The third kappa shape index (κ3) is 4.51. The first-order valence-electron chi connectivity index (χ1n) is 10.3. The molecule has 1 aliphatic heterocycles. The van der Waals surface area contributed by atoms with Gasteiger partial charge in [0.2, 0.25) is 5.91 Å². The number of likely N-dealkylation sites (N-methyl/N-ethyl adjacent to an activating group) is 1. The Hall–Kier alpha value is -1.84. The minimum atomic E-state index is -0.320. The van der Waals surface area contributed by atoms with Crippen molar-refractivity contribution in [2.75, 3.05) is 51.9 Å². The fourth-order valence-corrected chi connectivity index (χ4v) is 5.75. The van der Waals surface area contributed by atoms with Crippen molar-refractivity contribution in [3.8, 4) is 0 Å². The Bertz CT molecular complexity index is 753. The highest BCUT2D eigenvalue weighted by Crippen LogP contribution is 2.44. The summed E-state index contributed by atoms with van der Waals surface area (Å²) < 4.78 is 5.00. The third-order valence-corrected chi connectivity index (χ3v) is 7.30. The Labute approximate surface area is 176 Å². The molecule has 1 saturated heterocycles. The number of methoxy groups -OCH3 is 1. The number of carbonyl (C=O) groups is 2. The van der Waals surface area contributed by atoms with Crippen LogP contribution in [0.15, 0.2) is 0 Å². The summed E-state index contributed by atoms with van der Waals surface area (Å²) in [6.07, 6.45) is 3.28. The number of carbonyl (C=O) groups excluding carboxylic acids is 2. The molecule has 162 valence electrons. The molecule has 5 N–H and O–H groups in total. The predicted octanol–water partition coefficient (Wildman–Crippen LogP) is 1.54. The average molecular weight is 424 g/mol. The molecular weight excluding hydrogens is 390 g/mol. The number of nitrogens with one attached hydrogen (secondary N) is 1. The van der Waals surface area contributed by atoms with Crippen molar-refractivity contribution in [2.45, 2.75) is 38.6 Å². The third-order valence-electron chi connectivity index (χ3n) is 6.21. The number of hydrogen-bond acceptors (Lipinski definition) is 7. The highest BCUT2D eigenvalue weighted by molar-refractivity contribution is 7.16. The molecule has 29 heavy (non-hydrogen) atoms. The van der Waals surface area contributed by atoms with Crippen LogP contribution in [0.5, 0.6) is 0 Å². The Morgan fingerprint density at radius 2 is 2.10 bits per heavy atom. The van der Waals surface area contributed by atoms with Crippen LogP contribution in [0.4, 0.5) is 15.5 Å². The van der Waals surface area contributed by atoms with Gasteiger partial charge in [0.05, 0.1) is 11.6 Å². The first-order valence-corrected chi connectivity index (χ1v) is 11.1. The fourth-order valence-electron chi connectivity index (χ4n) is 4.68. The summed E-state index contributed by atoms with van der Waals surface area (Å²) in [5.74, 6) is 0.0605. The number of hydrogen-bond donors (Lipinski definition) is 3. The van der Waals surface area contributed by atoms with Crippen LogP contribution in [0.3, 0.4) is 0 Å². The zero-order valence-electron chi connectivity index (χ0n) is 17.6. The summed E-state index contributed by atoms with van der Waals surface area (Å²) in [5.41, 5.74) is 14.1. The Kier molecular flexibility index (Phi) is 7.02. The van der Waals surface area contributed by atoms with Gasteiger partial charge in [0, 0.05) is 44.3 Å². The summed E-state index contributed by atoms with van der Waals surface area (Å²) >= 11 is 1.59. The molecular formula is C20H33N5O3S. The van der Waals surface area contributed by atoms with Gasteiger partial charge in [-0.15, -0.1) is 11.3 Å². The summed E-state index contributed by atoms with van der Waals surface area (Å²) in [6, 6.07) is 0.0705. The van der Waals surface area contributed by atoms with E-state index in [1.54, 1.807) is 18.4 Å². The Balaban J connectivity index is 1.66. The van der Waals surface area contributed by atoms with Crippen LogP contribution in [-0.4, -0.2) is 68.2 Å². The number of imide groups is 1. The standard InChI is InChI=1S/C20H33N5O3S/c1-4-25(20(27)23-6-5-7-28-3)19(26)13-8-12-9-14-16(29-18(22)17(14)21)10-15(12)24(2)11-13/h12-13,15H,4-11,21-22H2,1-3H3,(H,23,27)/t12-,13-,15-/m1/s1. The van der Waals surface area contributed by atoms with E-state index < -0.39 is 0 Å². The van der Waals surface area contributed by atoms with Crippen molar-refractivity contribution in [1.82, 2.24) is 15.1 Å². The van der Waals surface area contributed by atoms with E-state index in [2.05, 4.69) is 17.3 Å². The van der Waals surface area contributed by atoms with Crippen LogP contribution in [0.25, 0.3) is 0 Å². The van der Waals surface area contributed by atoms with Gasteiger partial charge < -0.3 is 26.4 Å². The van der Waals surface area contributed by atoms with Crippen LogP contribution in [0.2, 0.25) is 0 Å². The molecule has 0 aromatic carbocycles. The van der Waals surface area contributed by atoms with Crippen LogP contribution < -0.4 is 16.8 Å². The minimum absolute atomic E-state index is 0.0920. The normalized spacial score (nSPS) is 23.9. The van der Waals surface area contributed by atoms with E-state index in [1.165, 1.54) is 15.3 Å². The number of rotatable bonds is 6. The quantitative estimate of drug-likeness (QED) is 0.598. The molecule has 0 unspecified atom stereocenters. The number of urea groups is 1. The molecule has 1 fully saturated rings. The van der Waals surface area contributed by atoms with E-state index in [0.717, 1.165) is 25.7 Å². The highest BCUT2D eigenvalue weighted by atomic mass is 32.1. The van der Waals surface area contributed by atoms with Gasteiger partial charge in [0.25, 0.3) is 0 Å². The van der Waals surface area contributed by atoms with Crippen LogP contribution in [-0.2, 0) is 22.4 Å². The number of amides is 3. The lowest BCUT2D eigenvalue weighted by Gasteiger charge is -2.45. The smallest absolute Gasteiger partial charge is 0.324 e. The maximum atomic E-state index is 13.2. The zero-order valence-corrected chi connectivity index (χ0v) is 18.4. The van der Waals surface area contributed by atoms with Gasteiger partial charge in [-0.2, -0.15) is 0 Å². The Morgan fingerprint density at radius 1 is 1.34 bits per heavy atom. The highest BCUT2D eigenvalue weighted by Gasteiger charge is 2.42. The number of nitrogen functional groups attached to an aromatic ring is 2. The SMILES string of the molecule is CCN(C(=O)NCCCOC)C(=O)[C@@H]1C[C@@H]2Cc3c(sc(N)c3N)C[C@H]2N(C)C1. The lowest BCUT2D eigenvalue weighted by Crippen LogP contribution is -2.55. The van der Waals surface area contributed by atoms with Crippen LogP contribution in [0.1, 0.15) is 30.2 Å². The van der Waals surface area contributed by atoms with Gasteiger partial charge in [-0.1, -0.05) is 0 Å². The number of ether oxygens (including phenoxy) is 1.